The van der Waals surface area contributed by atoms with Crippen molar-refractivity contribution in [1.29, 1.82) is 0 Å². The highest BCUT2D eigenvalue weighted by molar-refractivity contribution is 5.06. The Labute approximate surface area is 103 Å². The fraction of sp³-hybridized carbons (Fsp3) is 0.692. The minimum absolute atomic E-state index is 0.223. The van der Waals surface area contributed by atoms with Gasteiger partial charge in [0.25, 0.3) is 0 Å². The number of nitrogens with zero attached hydrogens (tertiary/aromatic N) is 3. The summed E-state index contributed by atoms with van der Waals surface area (Å²) in [4.78, 5) is 10.7. The summed E-state index contributed by atoms with van der Waals surface area (Å²) < 4.78 is 0. The van der Waals surface area contributed by atoms with Crippen molar-refractivity contribution in [1.82, 2.24) is 14.9 Å². The molecular weight excluding hydrogens is 212 g/mol. The van der Waals surface area contributed by atoms with Gasteiger partial charge in [0.05, 0.1) is 11.7 Å². The van der Waals surface area contributed by atoms with E-state index < -0.39 is 0 Å². The van der Waals surface area contributed by atoms with E-state index in [9.17, 15) is 0 Å². The van der Waals surface area contributed by atoms with E-state index in [0.29, 0.717) is 12.6 Å². The molecule has 0 radical (unpaired) electrons. The fourth-order valence-electron chi connectivity index (χ4n) is 2.74. The summed E-state index contributed by atoms with van der Waals surface area (Å²) in [5.41, 5.74) is 6.95. The zero-order chi connectivity index (χ0) is 12.1. The Kier molecular flexibility index (Phi) is 4.45. The van der Waals surface area contributed by atoms with Crippen LogP contribution in [0.5, 0.6) is 0 Å². The van der Waals surface area contributed by atoms with Gasteiger partial charge in [-0.25, -0.2) is 9.97 Å². The predicted molar refractivity (Wildman–Crippen MR) is 68.5 cm³/mol. The molecule has 1 saturated carbocycles. The maximum atomic E-state index is 5.91. The average molecular weight is 234 g/mol. The molecule has 1 aromatic rings. The Bertz CT molecular complexity index is 321. The van der Waals surface area contributed by atoms with Crippen molar-refractivity contribution in [3.63, 3.8) is 0 Å². The second-order valence-electron chi connectivity index (χ2n) is 4.84. The van der Waals surface area contributed by atoms with Gasteiger partial charge in [0.2, 0.25) is 0 Å². The molecule has 0 bridgehead atoms. The van der Waals surface area contributed by atoms with Crippen LogP contribution in [0, 0.1) is 0 Å². The van der Waals surface area contributed by atoms with E-state index in [1.165, 1.54) is 32.1 Å². The first-order valence-electron chi connectivity index (χ1n) is 6.51. The predicted octanol–water partition coefficient (Wildman–Crippen LogP) is 1.74. The first kappa shape index (κ1) is 12.5. The lowest BCUT2D eigenvalue weighted by atomic mass is 9.93. The van der Waals surface area contributed by atoms with Crippen LogP contribution in [-0.2, 0) is 0 Å². The van der Waals surface area contributed by atoms with E-state index in [4.69, 9.17) is 5.73 Å². The third-order valence-electron chi connectivity index (χ3n) is 3.81. The van der Waals surface area contributed by atoms with Gasteiger partial charge in [-0.05, 0) is 26.0 Å². The standard InChI is InChI=1S/C13H22N4/c1-17(11-5-3-2-4-6-11)13(9-14)12-7-8-15-10-16-12/h7-8,10-11,13H,2-6,9,14H2,1H3. The number of hydrogen-bond acceptors (Lipinski definition) is 4. The molecule has 4 heteroatoms. The molecule has 94 valence electrons. The van der Waals surface area contributed by atoms with Crippen LogP contribution in [0.1, 0.15) is 43.8 Å². The van der Waals surface area contributed by atoms with Crippen LogP contribution < -0.4 is 5.73 Å². The van der Waals surface area contributed by atoms with Crippen LogP contribution in [0.2, 0.25) is 0 Å². The van der Waals surface area contributed by atoms with Gasteiger partial charge in [-0.2, -0.15) is 0 Å². The summed E-state index contributed by atoms with van der Waals surface area (Å²) >= 11 is 0. The molecule has 0 aliphatic heterocycles. The summed E-state index contributed by atoms with van der Waals surface area (Å²) in [6.07, 6.45) is 10.0. The minimum Gasteiger partial charge on any atom is -0.329 e. The first-order chi connectivity index (χ1) is 8.33. The molecule has 1 atom stereocenters. The maximum absolute atomic E-state index is 5.91. The van der Waals surface area contributed by atoms with E-state index in [2.05, 4.69) is 21.9 Å². The number of hydrogen-bond donors (Lipinski definition) is 1. The molecule has 0 spiro atoms. The van der Waals surface area contributed by atoms with Crippen LogP contribution in [0.15, 0.2) is 18.6 Å². The highest BCUT2D eigenvalue weighted by Crippen LogP contribution is 2.27. The van der Waals surface area contributed by atoms with Gasteiger partial charge in [0, 0.05) is 18.8 Å². The number of likely N-dealkylation sites (N-methyl/N-ethyl adjacent to an activating group) is 1. The fourth-order valence-corrected chi connectivity index (χ4v) is 2.74. The minimum atomic E-state index is 0.223. The van der Waals surface area contributed by atoms with Crippen LogP contribution in [0.3, 0.4) is 0 Å². The molecule has 1 heterocycles. The van der Waals surface area contributed by atoms with Crippen LogP contribution >= 0.6 is 0 Å². The van der Waals surface area contributed by atoms with Crippen LogP contribution in [-0.4, -0.2) is 34.5 Å². The van der Waals surface area contributed by atoms with Crippen molar-refractivity contribution in [2.75, 3.05) is 13.6 Å². The molecule has 1 aromatic heterocycles. The monoisotopic (exact) mass is 234 g/mol. The van der Waals surface area contributed by atoms with Gasteiger partial charge < -0.3 is 5.73 Å². The lowest BCUT2D eigenvalue weighted by Crippen LogP contribution is -2.40. The zero-order valence-electron chi connectivity index (χ0n) is 10.5. The van der Waals surface area contributed by atoms with Gasteiger partial charge in [-0.15, -0.1) is 0 Å². The molecule has 0 amide bonds. The van der Waals surface area contributed by atoms with Gasteiger partial charge in [-0.1, -0.05) is 19.3 Å². The second kappa shape index (κ2) is 6.07. The van der Waals surface area contributed by atoms with Gasteiger partial charge in [0.1, 0.15) is 6.33 Å². The lowest BCUT2D eigenvalue weighted by molar-refractivity contribution is 0.138. The first-order valence-corrected chi connectivity index (χ1v) is 6.51. The smallest absolute Gasteiger partial charge is 0.115 e. The van der Waals surface area contributed by atoms with Crippen molar-refractivity contribution in [2.45, 2.75) is 44.2 Å². The summed E-state index contributed by atoms with van der Waals surface area (Å²) in [6, 6.07) is 2.85. The van der Waals surface area contributed by atoms with E-state index in [-0.39, 0.29) is 6.04 Å². The summed E-state index contributed by atoms with van der Waals surface area (Å²) in [5, 5.41) is 0. The Morgan fingerprint density at radius 1 is 1.41 bits per heavy atom. The van der Waals surface area contributed by atoms with Crippen LogP contribution in [0.25, 0.3) is 0 Å². The molecule has 17 heavy (non-hydrogen) atoms. The van der Waals surface area contributed by atoms with Gasteiger partial charge in [0.15, 0.2) is 0 Å². The Hall–Kier alpha value is -1.00. The SMILES string of the molecule is CN(C1CCCCC1)C(CN)c1ccncn1. The topological polar surface area (TPSA) is 55.0 Å². The summed E-state index contributed by atoms with van der Waals surface area (Å²) in [6.45, 7) is 0.615. The normalized spacial score (nSPS) is 19.5. The van der Waals surface area contributed by atoms with E-state index in [0.717, 1.165) is 5.69 Å². The van der Waals surface area contributed by atoms with Crippen molar-refractivity contribution < 1.29 is 0 Å². The van der Waals surface area contributed by atoms with Gasteiger partial charge >= 0.3 is 0 Å². The zero-order valence-corrected chi connectivity index (χ0v) is 10.5. The third kappa shape index (κ3) is 3.01. The quantitative estimate of drug-likeness (QED) is 0.862. The van der Waals surface area contributed by atoms with Crippen molar-refractivity contribution >= 4 is 0 Å². The van der Waals surface area contributed by atoms with Crippen molar-refractivity contribution in [3.8, 4) is 0 Å². The highest BCUT2D eigenvalue weighted by atomic mass is 15.2. The third-order valence-corrected chi connectivity index (χ3v) is 3.81. The Morgan fingerprint density at radius 3 is 2.76 bits per heavy atom. The molecule has 1 aliphatic rings. The number of rotatable bonds is 4. The molecule has 0 saturated heterocycles. The molecule has 2 N–H and O–H groups in total. The van der Waals surface area contributed by atoms with E-state index in [1.807, 2.05) is 6.07 Å². The molecular formula is C13H22N4. The maximum Gasteiger partial charge on any atom is 0.115 e. The number of nitrogens with two attached hydrogens (primary N) is 1. The largest absolute Gasteiger partial charge is 0.329 e. The Balaban J connectivity index is 2.07. The summed E-state index contributed by atoms with van der Waals surface area (Å²) in [5.74, 6) is 0. The molecule has 1 aliphatic carbocycles. The molecule has 1 unspecified atom stereocenters. The second-order valence-corrected chi connectivity index (χ2v) is 4.84. The highest BCUT2D eigenvalue weighted by Gasteiger charge is 2.25. The Morgan fingerprint density at radius 2 is 2.18 bits per heavy atom. The van der Waals surface area contributed by atoms with Crippen LogP contribution in [0.4, 0.5) is 0 Å². The molecule has 1 fully saturated rings. The number of aromatic nitrogens is 2. The lowest BCUT2D eigenvalue weighted by Gasteiger charge is -2.36. The van der Waals surface area contributed by atoms with E-state index >= 15 is 0 Å². The van der Waals surface area contributed by atoms with Crippen molar-refractivity contribution in [3.05, 3.63) is 24.3 Å². The van der Waals surface area contributed by atoms with Gasteiger partial charge in [-0.3, -0.25) is 4.90 Å². The average Bonchev–Trinajstić information content (AvgIpc) is 2.42. The molecule has 4 nitrogen and oxygen atoms in total. The van der Waals surface area contributed by atoms with E-state index in [1.54, 1.807) is 12.5 Å². The van der Waals surface area contributed by atoms with Crippen molar-refractivity contribution in [2.24, 2.45) is 5.73 Å². The molecule has 0 aromatic carbocycles. The summed E-state index contributed by atoms with van der Waals surface area (Å²) in [7, 11) is 2.18. The molecule has 2 rings (SSSR count).